The highest BCUT2D eigenvalue weighted by atomic mass is 35.5. The monoisotopic (exact) mass is 381 g/mol. The summed E-state index contributed by atoms with van der Waals surface area (Å²) in [5.74, 6) is 0.912. The van der Waals surface area contributed by atoms with Gasteiger partial charge in [0, 0.05) is 29.1 Å². The Labute approximate surface area is 147 Å². The number of hydrogen-bond acceptors (Lipinski definition) is 6. The Bertz CT molecular complexity index is 964. The average Bonchev–Trinajstić information content (AvgIpc) is 3.16. The van der Waals surface area contributed by atoms with Crippen LogP contribution >= 0.6 is 22.9 Å². The van der Waals surface area contributed by atoms with Gasteiger partial charge >= 0.3 is 0 Å². The standard InChI is InChI=1S/C15H12ClN3O3S2/c16-12-2-1-3-13(6-12)24(20,21)19-7-11(8-19)15-17-14(18-22-15)10-4-5-23-9-10/h1-6,9,11H,7-8H2. The molecule has 124 valence electrons. The van der Waals surface area contributed by atoms with Crippen LogP contribution in [0.25, 0.3) is 11.4 Å². The van der Waals surface area contributed by atoms with E-state index >= 15 is 0 Å². The van der Waals surface area contributed by atoms with E-state index in [1.807, 2.05) is 16.8 Å². The lowest BCUT2D eigenvalue weighted by Gasteiger charge is -2.35. The second kappa shape index (κ2) is 5.96. The molecule has 0 N–H and O–H groups in total. The van der Waals surface area contributed by atoms with E-state index in [1.165, 1.54) is 16.4 Å². The number of benzene rings is 1. The van der Waals surface area contributed by atoms with Crippen LogP contribution in [-0.2, 0) is 10.0 Å². The molecule has 1 aromatic carbocycles. The number of thiophene rings is 1. The Morgan fingerprint density at radius 2 is 2.12 bits per heavy atom. The lowest BCUT2D eigenvalue weighted by Crippen LogP contribution is -2.48. The zero-order valence-corrected chi connectivity index (χ0v) is 14.7. The van der Waals surface area contributed by atoms with Crippen molar-refractivity contribution in [2.75, 3.05) is 13.1 Å². The normalized spacial score (nSPS) is 16.2. The van der Waals surface area contributed by atoms with Gasteiger partial charge in [-0.2, -0.15) is 20.6 Å². The summed E-state index contributed by atoms with van der Waals surface area (Å²) in [5.41, 5.74) is 0.901. The third-order valence-corrected chi connectivity index (χ3v) is 6.60. The van der Waals surface area contributed by atoms with E-state index in [1.54, 1.807) is 23.5 Å². The number of sulfonamides is 1. The second-order valence-electron chi connectivity index (χ2n) is 5.44. The SMILES string of the molecule is O=S(=O)(c1cccc(Cl)c1)N1CC(c2nc(-c3ccsc3)no2)C1. The van der Waals surface area contributed by atoms with Crippen LogP contribution in [0.2, 0.25) is 5.02 Å². The van der Waals surface area contributed by atoms with Crippen LogP contribution in [0.1, 0.15) is 11.8 Å². The average molecular weight is 382 g/mol. The Kier molecular flexibility index (Phi) is 3.92. The minimum atomic E-state index is -3.54. The van der Waals surface area contributed by atoms with Gasteiger partial charge in [-0.05, 0) is 29.6 Å². The van der Waals surface area contributed by atoms with Crippen molar-refractivity contribution in [3.63, 3.8) is 0 Å². The van der Waals surface area contributed by atoms with Crippen LogP contribution < -0.4 is 0 Å². The topological polar surface area (TPSA) is 76.3 Å². The molecule has 2 aromatic heterocycles. The molecule has 0 radical (unpaired) electrons. The summed E-state index contributed by atoms with van der Waals surface area (Å²) in [6.45, 7) is 0.639. The van der Waals surface area contributed by atoms with E-state index in [0.717, 1.165) is 5.56 Å². The van der Waals surface area contributed by atoms with Crippen molar-refractivity contribution in [3.05, 3.63) is 52.0 Å². The molecule has 0 atom stereocenters. The predicted octanol–water partition coefficient (Wildman–Crippen LogP) is 3.24. The summed E-state index contributed by atoms with van der Waals surface area (Å²) in [7, 11) is -3.54. The first-order valence-electron chi connectivity index (χ1n) is 7.16. The van der Waals surface area contributed by atoms with Crippen LogP contribution in [0.15, 0.2) is 50.5 Å². The minimum absolute atomic E-state index is 0.0844. The molecule has 0 bridgehead atoms. The van der Waals surface area contributed by atoms with Gasteiger partial charge in [-0.15, -0.1) is 0 Å². The Hall–Kier alpha value is -1.74. The molecule has 1 saturated heterocycles. The van der Waals surface area contributed by atoms with Crippen molar-refractivity contribution in [2.45, 2.75) is 10.8 Å². The van der Waals surface area contributed by atoms with Gasteiger partial charge in [0.15, 0.2) is 0 Å². The fourth-order valence-electron chi connectivity index (χ4n) is 2.48. The van der Waals surface area contributed by atoms with Crippen molar-refractivity contribution >= 4 is 33.0 Å². The molecule has 0 amide bonds. The Balaban J connectivity index is 1.48. The maximum Gasteiger partial charge on any atom is 0.243 e. The van der Waals surface area contributed by atoms with Gasteiger partial charge in [0.2, 0.25) is 21.7 Å². The zero-order valence-electron chi connectivity index (χ0n) is 12.3. The van der Waals surface area contributed by atoms with E-state index in [2.05, 4.69) is 10.1 Å². The molecule has 3 heterocycles. The van der Waals surface area contributed by atoms with Gasteiger partial charge < -0.3 is 4.52 Å². The maximum absolute atomic E-state index is 12.5. The summed E-state index contributed by atoms with van der Waals surface area (Å²) in [5, 5.41) is 8.22. The van der Waals surface area contributed by atoms with E-state index in [-0.39, 0.29) is 10.8 Å². The number of halogens is 1. The van der Waals surface area contributed by atoms with E-state index in [9.17, 15) is 8.42 Å². The molecule has 1 aliphatic rings. The maximum atomic E-state index is 12.5. The van der Waals surface area contributed by atoms with Crippen LogP contribution in [0.4, 0.5) is 0 Å². The molecule has 1 aliphatic heterocycles. The fourth-order valence-corrected chi connectivity index (χ4v) is 4.94. The number of nitrogens with zero attached hydrogens (tertiary/aromatic N) is 3. The van der Waals surface area contributed by atoms with Gasteiger partial charge in [-0.3, -0.25) is 0 Å². The predicted molar refractivity (Wildman–Crippen MR) is 90.6 cm³/mol. The third-order valence-electron chi connectivity index (χ3n) is 3.85. The quantitative estimate of drug-likeness (QED) is 0.693. The highest BCUT2D eigenvalue weighted by molar-refractivity contribution is 7.89. The summed E-state index contributed by atoms with van der Waals surface area (Å²) >= 11 is 7.43. The van der Waals surface area contributed by atoms with E-state index in [0.29, 0.717) is 29.8 Å². The second-order valence-corrected chi connectivity index (χ2v) is 8.60. The smallest absolute Gasteiger partial charge is 0.243 e. The Morgan fingerprint density at radius 1 is 1.29 bits per heavy atom. The van der Waals surface area contributed by atoms with Crippen LogP contribution in [0.3, 0.4) is 0 Å². The molecule has 6 nitrogen and oxygen atoms in total. The highest BCUT2D eigenvalue weighted by Crippen LogP contribution is 2.32. The molecule has 0 spiro atoms. The number of rotatable bonds is 4. The number of aromatic nitrogens is 2. The number of hydrogen-bond donors (Lipinski definition) is 0. The summed E-state index contributed by atoms with van der Waals surface area (Å²) in [4.78, 5) is 4.56. The van der Waals surface area contributed by atoms with Crippen molar-refractivity contribution < 1.29 is 12.9 Å². The van der Waals surface area contributed by atoms with Gasteiger partial charge in [-0.1, -0.05) is 22.8 Å². The molecule has 4 rings (SSSR count). The van der Waals surface area contributed by atoms with Gasteiger partial charge in [0.05, 0.1) is 10.8 Å². The summed E-state index contributed by atoms with van der Waals surface area (Å²) < 4.78 is 31.7. The van der Waals surface area contributed by atoms with Crippen LogP contribution in [-0.4, -0.2) is 36.0 Å². The van der Waals surface area contributed by atoms with Gasteiger partial charge in [0.25, 0.3) is 0 Å². The molecule has 1 fully saturated rings. The molecule has 0 unspecified atom stereocenters. The van der Waals surface area contributed by atoms with Crippen molar-refractivity contribution in [1.82, 2.24) is 14.4 Å². The first-order valence-corrected chi connectivity index (χ1v) is 9.92. The first kappa shape index (κ1) is 15.8. The third kappa shape index (κ3) is 2.75. The van der Waals surface area contributed by atoms with Gasteiger partial charge in [-0.25, -0.2) is 8.42 Å². The highest BCUT2D eigenvalue weighted by Gasteiger charge is 2.40. The van der Waals surface area contributed by atoms with Crippen molar-refractivity contribution in [3.8, 4) is 11.4 Å². The molecule has 9 heteroatoms. The molecule has 0 aliphatic carbocycles. The zero-order chi connectivity index (χ0) is 16.7. The molecular formula is C15H12ClN3O3S2. The van der Waals surface area contributed by atoms with Crippen molar-refractivity contribution in [2.24, 2.45) is 0 Å². The van der Waals surface area contributed by atoms with Crippen LogP contribution in [0.5, 0.6) is 0 Å². The van der Waals surface area contributed by atoms with Gasteiger partial charge in [0.1, 0.15) is 0 Å². The van der Waals surface area contributed by atoms with Crippen LogP contribution in [0, 0.1) is 0 Å². The van der Waals surface area contributed by atoms with E-state index in [4.69, 9.17) is 16.1 Å². The Morgan fingerprint density at radius 3 is 2.83 bits per heavy atom. The minimum Gasteiger partial charge on any atom is -0.339 e. The summed E-state index contributed by atoms with van der Waals surface area (Å²) in [6, 6.07) is 8.17. The largest absolute Gasteiger partial charge is 0.339 e. The first-order chi connectivity index (χ1) is 11.5. The lowest BCUT2D eigenvalue weighted by atomic mass is 10.0. The molecule has 24 heavy (non-hydrogen) atoms. The molecule has 0 saturated carbocycles. The van der Waals surface area contributed by atoms with E-state index < -0.39 is 10.0 Å². The van der Waals surface area contributed by atoms with Crippen molar-refractivity contribution in [1.29, 1.82) is 0 Å². The molecular weight excluding hydrogens is 370 g/mol. The lowest BCUT2D eigenvalue weighted by molar-refractivity contribution is 0.217. The fraction of sp³-hybridized carbons (Fsp3) is 0.200. The molecule has 3 aromatic rings. The summed E-state index contributed by atoms with van der Waals surface area (Å²) in [6.07, 6.45) is 0.